The molecule has 0 aliphatic heterocycles. The molecule has 0 aliphatic rings. The number of nitrogens with zero attached hydrogens (tertiary/aromatic N) is 2. The zero-order valence-electron chi connectivity index (χ0n) is 8.85. The topological polar surface area (TPSA) is 89.4 Å². The Morgan fingerprint density at radius 2 is 2.31 bits per heavy atom. The monoisotopic (exact) mass is 222 g/mol. The lowest BCUT2D eigenvalue weighted by Gasteiger charge is -1.88. The summed E-state index contributed by atoms with van der Waals surface area (Å²) >= 11 is 0. The van der Waals surface area contributed by atoms with E-state index in [4.69, 9.17) is 13.9 Å². The molecule has 84 valence electrons. The predicted octanol–water partition coefficient (Wildman–Crippen LogP) is 1.90. The Balaban J connectivity index is 2.52. The van der Waals surface area contributed by atoms with E-state index < -0.39 is 5.97 Å². The number of aromatic carboxylic acids is 1. The molecule has 1 N–H and O–H groups in total. The Labute approximate surface area is 90.9 Å². The van der Waals surface area contributed by atoms with Crippen molar-refractivity contribution in [2.75, 3.05) is 0 Å². The summed E-state index contributed by atoms with van der Waals surface area (Å²) in [6.07, 6.45) is 1.75. The number of aryl methyl sites for hydroxylation is 2. The van der Waals surface area contributed by atoms with E-state index in [0.717, 1.165) is 0 Å². The number of oxazole rings is 2. The van der Waals surface area contributed by atoms with Gasteiger partial charge in [-0.2, -0.15) is 0 Å². The van der Waals surface area contributed by atoms with Gasteiger partial charge in [0, 0.05) is 0 Å². The zero-order valence-corrected chi connectivity index (χ0v) is 8.85. The zero-order chi connectivity index (χ0) is 11.7. The minimum absolute atomic E-state index is 0.145. The first-order chi connectivity index (χ1) is 7.63. The molecule has 0 radical (unpaired) electrons. The first-order valence-electron chi connectivity index (χ1n) is 4.77. The highest BCUT2D eigenvalue weighted by Crippen LogP contribution is 2.24. The lowest BCUT2D eigenvalue weighted by Crippen LogP contribution is -1.98. The van der Waals surface area contributed by atoms with E-state index >= 15 is 0 Å². The van der Waals surface area contributed by atoms with Gasteiger partial charge in [-0.1, -0.05) is 6.92 Å². The van der Waals surface area contributed by atoms with Crippen molar-refractivity contribution in [1.29, 1.82) is 0 Å². The van der Waals surface area contributed by atoms with E-state index in [1.807, 2.05) is 0 Å². The van der Waals surface area contributed by atoms with E-state index in [0.29, 0.717) is 23.6 Å². The molecule has 2 aromatic rings. The van der Waals surface area contributed by atoms with Crippen molar-refractivity contribution >= 4 is 5.97 Å². The van der Waals surface area contributed by atoms with Gasteiger partial charge >= 0.3 is 5.97 Å². The maximum Gasteiger partial charge on any atom is 0.373 e. The largest absolute Gasteiger partial charge is 0.475 e. The molecule has 2 aromatic heterocycles. The van der Waals surface area contributed by atoms with Gasteiger partial charge in [0.1, 0.15) is 0 Å². The fourth-order valence-corrected chi connectivity index (χ4v) is 1.36. The Kier molecular flexibility index (Phi) is 2.47. The Hall–Kier alpha value is -2.11. The lowest BCUT2D eigenvalue weighted by molar-refractivity contribution is 0.0661. The summed E-state index contributed by atoms with van der Waals surface area (Å²) in [6.45, 7) is 3.54. The third-order valence-corrected chi connectivity index (χ3v) is 2.17. The van der Waals surface area contributed by atoms with Gasteiger partial charge in [-0.25, -0.2) is 14.8 Å². The first-order valence-corrected chi connectivity index (χ1v) is 4.77. The van der Waals surface area contributed by atoms with Crippen molar-refractivity contribution in [2.24, 2.45) is 0 Å². The number of hydrogen-bond donors (Lipinski definition) is 1. The van der Waals surface area contributed by atoms with Gasteiger partial charge in [-0.3, -0.25) is 0 Å². The smallest absolute Gasteiger partial charge is 0.373 e. The van der Waals surface area contributed by atoms with Crippen LogP contribution in [-0.4, -0.2) is 21.0 Å². The van der Waals surface area contributed by atoms with Gasteiger partial charge in [-0.05, 0) is 13.3 Å². The molecular weight excluding hydrogens is 212 g/mol. The van der Waals surface area contributed by atoms with E-state index in [-0.39, 0.29) is 11.7 Å². The minimum atomic E-state index is -1.13. The van der Waals surface area contributed by atoms with Crippen LogP contribution in [-0.2, 0) is 6.42 Å². The fourth-order valence-electron chi connectivity index (χ4n) is 1.36. The van der Waals surface area contributed by atoms with Crippen molar-refractivity contribution in [2.45, 2.75) is 20.3 Å². The number of rotatable bonds is 3. The van der Waals surface area contributed by atoms with Crippen LogP contribution < -0.4 is 0 Å². The molecule has 0 saturated heterocycles. The highest BCUT2D eigenvalue weighted by Gasteiger charge is 2.21. The van der Waals surface area contributed by atoms with Crippen molar-refractivity contribution in [3.8, 4) is 11.7 Å². The van der Waals surface area contributed by atoms with Crippen molar-refractivity contribution in [3.63, 3.8) is 0 Å². The molecule has 2 rings (SSSR count). The quantitative estimate of drug-likeness (QED) is 0.852. The van der Waals surface area contributed by atoms with Crippen molar-refractivity contribution in [1.82, 2.24) is 9.97 Å². The minimum Gasteiger partial charge on any atom is -0.475 e. The van der Waals surface area contributed by atoms with Gasteiger partial charge in [0.2, 0.25) is 11.5 Å². The molecular formula is C10H10N2O4. The summed E-state index contributed by atoms with van der Waals surface area (Å²) in [5.41, 5.74) is 1.01. The predicted molar refractivity (Wildman–Crippen MR) is 53.1 cm³/mol. The summed E-state index contributed by atoms with van der Waals surface area (Å²) in [6, 6.07) is 0. The number of carboxylic acid groups (broad SMARTS) is 1. The maximum atomic E-state index is 10.9. The molecule has 0 saturated carbocycles. The van der Waals surface area contributed by atoms with E-state index in [1.54, 1.807) is 13.8 Å². The van der Waals surface area contributed by atoms with E-state index in [2.05, 4.69) is 9.97 Å². The van der Waals surface area contributed by atoms with E-state index in [9.17, 15) is 4.79 Å². The summed E-state index contributed by atoms with van der Waals surface area (Å²) < 4.78 is 10.2. The second kappa shape index (κ2) is 3.80. The Bertz CT molecular complexity index is 527. The first kappa shape index (κ1) is 10.4. The maximum absolute atomic E-state index is 10.9. The van der Waals surface area contributed by atoms with E-state index in [1.165, 1.54) is 6.39 Å². The molecule has 6 heteroatoms. The van der Waals surface area contributed by atoms with Gasteiger partial charge in [0.15, 0.2) is 6.39 Å². The summed E-state index contributed by atoms with van der Waals surface area (Å²) in [4.78, 5) is 18.8. The molecule has 0 aliphatic carbocycles. The molecule has 2 heterocycles. The summed E-state index contributed by atoms with van der Waals surface area (Å²) in [5.74, 6) is -0.757. The van der Waals surface area contributed by atoms with Crippen LogP contribution >= 0.6 is 0 Å². The van der Waals surface area contributed by atoms with Gasteiger partial charge in [0.05, 0.1) is 11.4 Å². The average molecular weight is 222 g/mol. The molecule has 0 amide bonds. The van der Waals surface area contributed by atoms with Crippen LogP contribution in [0, 0.1) is 6.92 Å². The molecule has 0 unspecified atom stereocenters. The average Bonchev–Trinajstić information content (AvgIpc) is 2.82. The van der Waals surface area contributed by atoms with Gasteiger partial charge in [-0.15, -0.1) is 0 Å². The van der Waals surface area contributed by atoms with Gasteiger partial charge in [0.25, 0.3) is 5.89 Å². The normalized spacial score (nSPS) is 10.6. The molecule has 0 fully saturated rings. The molecule has 0 spiro atoms. The Morgan fingerprint density at radius 1 is 1.56 bits per heavy atom. The standard InChI is InChI=1S/C10H10N2O4/c1-3-6-8(10(13)14)16-9(12-6)7-5(2)11-4-15-7/h4H,3H2,1-2H3,(H,13,14). The molecule has 0 atom stereocenters. The van der Waals surface area contributed by atoms with Crippen LogP contribution in [0.1, 0.15) is 28.9 Å². The molecule has 0 aromatic carbocycles. The number of hydrogen-bond acceptors (Lipinski definition) is 5. The number of aromatic nitrogens is 2. The summed E-state index contributed by atoms with van der Waals surface area (Å²) in [5, 5.41) is 8.90. The second-order valence-corrected chi connectivity index (χ2v) is 3.22. The van der Waals surface area contributed by atoms with Crippen LogP contribution in [0.15, 0.2) is 15.2 Å². The van der Waals surface area contributed by atoms with Crippen molar-refractivity contribution < 1.29 is 18.7 Å². The van der Waals surface area contributed by atoms with Crippen LogP contribution in [0.3, 0.4) is 0 Å². The summed E-state index contributed by atoms with van der Waals surface area (Å²) in [7, 11) is 0. The van der Waals surface area contributed by atoms with Crippen LogP contribution in [0.2, 0.25) is 0 Å². The number of carboxylic acids is 1. The van der Waals surface area contributed by atoms with Crippen molar-refractivity contribution in [3.05, 3.63) is 23.5 Å². The molecule has 0 bridgehead atoms. The second-order valence-electron chi connectivity index (χ2n) is 3.22. The highest BCUT2D eigenvalue weighted by molar-refractivity contribution is 5.86. The Morgan fingerprint density at radius 3 is 2.75 bits per heavy atom. The van der Waals surface area contributed by atoms with Crippen LogP contribution in [0.5, 0.6) is 0 Å². The van der Waals surface area contributed by atoms with Crippen LogP contribution in [0.25, 0.3) is 11.7 Å². The number of carbonyl (C=O) groups is 1. The molecule has 6 nitrogen and oxygen atoms in total. The lowest BCUT2D eigenvalue weighted by atomic mass is 10.3. The highest BCUT2D eigenvalue weighted by atomic mass is 16.4. The van der Waals surface area contributed by atoms with Gasteiger partial charge < -0.3 is 13.9 Å². The third kappa shape index (κ3) is 1.58. The third-order valence-electron chi connectivity index (χ3n) is 2.17. The SMILES string of the molecule is CCc1nc(-c2ocnc2C)oc1C(=O)O. The fraction of sp³-hybridized carbons (Fsp3) is 0.300. The van der Waals surface area contributed by atoms with Crippen LogP contribution in [0.4, 0.5) is 0 Å². The molecule has 16 heavy (non-hydrogen) atoms.